The van der Waals surface area contributed by atoms with Crippen LogP contribution in [0.5, 0.6) is 0 Å². The number of nitrogens with zero attached hydrogens (tertiary/aromatic N) is 6. The average Bonchev–Trinajstić information content (AvgIpc) is 3.66. The van der Waals surface area contributed by atoms with E-state index >= 15 is 0 Å². The molecule has 3 aromatic carbocycles. The molecule has 0 aromatic heterocycles. The van der Waals surface area contributed by atoms with Gasteiger partial charge >= 0.3 is 0 Å². The Morgan fingerprint density at radius 3 is 0.872 bits per heavy atom. The average molecular weight is 510 g/mol. The van der Waals surface area contributed by atoms with Crippen LogP contribution in [0.3, 0.4) is 0 Å². The van der Waals surface area contributed by atoms with Crippen molar-refractivity contribution in [3.8, 4) is 36.4 Å². The molecule has 0 radical (unpaired) electrons. The number of nitriles is 6. The van der Waals surface area contributed by atoms with E-state index in [-0.39, 0.29) is 66.8 Å². The summed E-state index contributed by atoms with van der Waals surface area (Å²) in [4.78, 5) is 0. The van der Waals surface area contributed by atoms with Gasteiger partial charge in [-0.1, -0.05) is 0 Å². The zero-order valence-electron chi connectivity index (χ0n) is 19.5. The first kappa shape index (κ1) is 25.7. The molecule has 0 amide bonds. The molecule has 0 N–H and O–H groups in total. The molecule has 1 aliphatic rings. The number of benzene rings is 3. The molecule has 0 spiro atoms. The van der Waals surface area contributed by atoms with Gasteiger partial charge in [-0.25, -0.2) is 13.2 Å². The summed E-state index contributed by atoms with van der Waals surface area (Å²) in [6.07, 6.45) is 0. The first-order chi connectivity index (χ1) is 18.8. The summed E-state index contributed by atoms with van der Waals surface area (Å²) in [7, 11) is 0. The standard InChI is InChI=1S/C30H9F3N6/c31-25-7-16(10-34)1-4-19(25)22(13-37)28-29(23(14-38)20-5-2-17(11-35)8-26(20)32)30(28)24(15-39)21-6-3-18(12-36)9-27(21)33/h1-9H. The molecule has 0 bridgehead atoms. The number of hydrogen-bond acceptors (Lipinski definition) is 6. The molecule has 6 nitrogen and oxygen atoms in total. The Labute approximate surface area is 220 Å². The predicted molar refractivity (Wildman–Crippen MR) is 131 cm³/mol. The molecule has 4 rings (SSSR count). The molecule has 0 heterocycles. The number of allylic oxidation sites excluding steroid dienone is 6. The highest BCUT2D eigenvalue weighted by atomic mass is 19.1. The van der Waals surface area contributed by atoms with Gasteiger partial charge in [-0.05, 0) is 54.6 Å². The second-order valence-corrected chi connectivity index (χ2v) is 8.00. The topological polar surface area (TPSA) is 143 Å². The van der Waals surface area contributed by atoms with Gasteiger partial charge in [0.05, 0.1) is 51.6 Å². The van der Waals surface area contributed by atoms with Crippen LogP contribution in [0.15, 0.2) is 71.3 Å². The fourth-order valence-corrected chi connectivity index (χ4v) is 4.05. The van der Waals surface area contributed by atoms with E-state index in [1.807, 2.05) is 18.2 Å². The van der Waals surface area contributed by atoms with Crippen LogP contribution < -0.4 is 0 Å². The van der Waals surface area contributed by atoms with E-state index in [9.17, 15) is 29.0 Å². The maximum Gasteiger partial charge on any atom is 0.133 e. The maximum atomic E-state index is 14.9. The summed E-state index contributed by atoms with van der Waals surface area (Å²) in [6.45, 7) is 0. The van der Waals surface area contributed by atoms with Crippen LogP contribution in [0.1, 0.15) is 33.4 Å². The van der Waals surface area contributed by atoms with E-state index < -0.39 is 17.5 Å². The molecule has 9 heteroatoms. The van der Waals surface area contributed by atoms with Crippen LogP contribution in [0.2, 0.25) is 0 Å². The van der Waals surface area contributed by atoms with Crippen molar-refractivity contribution >= 4 is 16.7 Å². The first-order valence-corrected chi connectivity index (χ1v) is 10.9. The second-order valence-electron chi connectivity index (χ2n) is 8.00. The molecule has 0 atom stereocenters. The van der Waals surface area contributed by atoms with Gasteiger partial charge in [-0.15, -0.1) is 0 Å². The summed E-state index contributed by atoms with van der Waals surface area (Å²) in [5.74, 6) is -2.81. The molecule has 1 fully saturated rings. The first-order valence-electron chi connectivity index (χ1n) is 10.9. The minimum atomic E-state index is -0.935. The minimum Gasteiger partial charge on any atom is -0.206 e. The SMILES string of the molecule is N#CC(=C1C(=C(C#N)c2ccc(C#N)cc2F)C1=C(C#N)c1ccc(C#N)cc1F)c1ccc(C#N)cc1F. The highest BCUT2D eigenvalue weighted by molar-refractivity contribution is 6.12. The van der Waals surface area contributed by atoms with E-state index in [4.69, 9.17) is 15.8 Å². The van der Waals surface area contributed by atoms with Crippen molar-refractivity contribution in [1.29, 1.82) is 31.6 Å². The zero-order valence-corrected chi connectivity index (χ0v) is 19.5. The van der Waals surface area contributed by atoms with Crippen molar-refractivity contribution in [1.82, 2.24) is 0 Å². The van der Waals surface area contributed by atoms with Crippen molar-refractivity contribution in [2.75, 3.05) is 0 Å². The van der Waals surface area contributed by atoms with Gasteiger partial charge in [-0.3, -0.25) is 0 Å². The van der Waals surface area contributed by atoms with Gasteiger partial charge in [0, 0.05) is 33.4 Å². The molecular weight excluding hydrogens is 501 g/mol. The van der Waals surface area contributed by atoms with Crippen LogP contribution in [0, 0.1) is 85.4 Å². The summed E-state index contributed by atoms with van der Waals surface area (Å²) in [5.41, 5.74) is -2.05. The van der Waals surface area contributed by atoms with Crippen molar-refractivity contribution < 1.29 is 13.2 Å². The Morgan fingerprint density at radius 1 is 0.436 bits per heavy atom. The van der Waals surface area contributed by atoms with Gasteiger partial charge in [-0.2, -0.15) is 31.6 Å². The largest absolute Gasteiger partial charge is 0.206 e. The number of halogens is 3. The highest BCUT2D eigenvalue weighted by Crippen LogP contribution is 2.56. The number of hydrogen-bond donors (Lipinski definition) is 0. The van der Waals surface area contributed by atoms with Gasteiger partial charge in [0.2, 0.25) is 0 Å². The molecule has 0 saturated heterocycles. The van der Waals surface area contributed by atoms with Gasteiger partial charge in [0.25, 0.3) is 0 Å². The van der Waals surface area contributed by atoms with Crippen molar-refractivity contribution in [2.45, 2.75) is 0 Å². The molecule has 1 saturated carbocycles. The smallest absolute Gasteiger partial charge is 0.133 e. The van der Waals surface area contributed by atoms with E-state index in [1.54, 1.807) is 18.2 Å². The molecule has 3 aromatic rings. The molecule has 0 aliphatic heterocycles. The van der Waals surface area contributed by atoms with Crippen molar-refractivity contribution in [2.24, 2.45) is 0 Å². The third kappa shape index (κ3) is 4.48. The minimum absolute atomic E-state index is 0.0180. The lowest BCUT2D eigenvalue weighted by atomic mass is 10.0. The van der Waals surface area contributed by atoms with Gasteiger partial charge < -0.3 is 0 Å². The maximum absolute atomic E-state index is 14.9. The lowest BCUT2D eigenvalue weighted by molar-refractivity contribution is 0.623. The fourth-order valence-electron chi connectivity index (χ4n) is 4.05. The lowest BCUT2D eigenvalue weighted by Crippen LogP contribution is -1.91. The van der Waals surface area contributed by atoms with Crippen LogP contribution >= 0.6 is 0 Å². The lowest BCUT2D eigenvalue weighted by Gasteiger charge is -2.02. The van der Waals surface area contributed by atoms with E-state index in [0.29, 0.717) is 0 Å². The molecular formula is C30H9F3N6. The van der Waals surface area contributed by atoms with Crippen LogP contribution in [-0.2, 0) is 0 Å². The van der Waals surface area contributed by atoms with E-state index in [0.717, 1.165) is 18.2 Å². The summed E-state index contributed by atoms with van der Waals surface area (Å²) >= 11 is 0. The zero-order chi connectivity index (χ0) is 28.3. The second kappa shape index (κ2) is 10.3. The Hall–Kier alpha value is -6.39. The number of rotatable bonds is 3. The van der Waals surface area contributed by atoms with Crippen molar-refractivity contribution in [3.05, 3.63) is 122 Å². The van der Waals surface area contributed by atoms with Crippen molar-refractivity contribution in [3.63, 3.8) is 0 Å². The molecule has 1 aliphatic carbocycles. The van der Waals surface area contributed by atoms with E-state index in [1.165, 1.54) is 36.4 Å². The highest BCUT2D eigenvalue weighted by Gasteiger charge is 2.42. The normalized spacial score (nSPS) is 11.2. The van der Waals surface area contributed by atoms with E-state index in [2.05, 4.69) is 0 Å². The van der Waals surface area contributed by atoms with Gasteiger partial charge in [0.15, 0.2) is 0 Å². The third-order valence-corrected chi connectivity index (χ3v) is 5.88. The molecule has 180 valence electrons. The van der Waals surface area contributed by atoms with Crippen LogP contribution in [-0.4, -0.2) is 0 Å². The monoisotopic (exact) mass is 510 g/mol. The van der Waals surface area contributed by atoms with Gasteiger partial charge in [0.1, 0.15) is 35.7 Å². The van der Waals surface area contributed by atoms with Crippen LogP contribution in [0.4, 0.5) is 13.2 Å². The Kier molecular flexibility index (Phi) is 6.79. The Bertz CT molecular complexity index is 1720. The Morgan fingerprint density at radius 2 is 0.692 bits per heavy atom. The molecule has 39 heavy (non-hydrogen) atoms. The fraction of sp³-hybridized carbons (Fsp3) is 0. The predicted octanol–water partition coefficient (Wildman–Crippen LogP) is 5.96. The summed E-state index contributed by atoms with van der Waals surface area (Å²) in [6, 6.07) is 20.9. The van der Waals surface area contributed by atoms with Crippen LogP contribution in [0.25, 0.3) is 16.7 Å². The Balaban J connectivity index is 2.14. The molecule has 0 unspecified atom stereocenters. The summed E-state index contributed by atoms with van der Waals surface area (Å²) in [5, 5.41) is 57.2. The summed E-state index contributed by atoms with van der Waals surface area (Å²) < 4.78 is 44.8. The quantitative estimate of drug-likeness (QED) is 0.398. The third-order valence-electron chi connectivity index (χ3n) is 5.88.